The van der Waals surface area contributed by atoms with E-state index in [9.17, 15) is 40.5 Å². The lowest BCUT2D eigenvalue weighted by atomic mass is 9.99. The number of carbonyl (C=O) groups is 1. The van der Waals surface area contributed by atoms with Crippen molar-refractivity contribution in [3.8, 4) is 0 Å². The second-order valence-corrected chi connectivity index (χ2v) is 18.1. The number of ether oxygens (including phenoxy) is 2. The molecule has 11 heteroatoms. The fourth-order valence-corrected chi connectivity index (χ4v) is 7.91. The van der Waals surface area contributed by atoms with Crippen LogP contribution in [0.4, 0.5) is 0 Å². The van der Waals surface area contributed by atoms with Crippen LogP contribution in [0.5, 0.6) is 0 Å². The summed E-state index contributed by atoms with van der Waals surface area (Å²) in [7, 11) is 0. The largest absolute Gasteiger partial charge is 0.394 e. The second-order valence-electron chi connectivity index (χ2n) is 18.1. The molecule has 59 heavy (non-hydrogen) atoms. The zero-order valence-corrected chi connectivity index (χ0v) is 37.9. The van der Waals surface area contributed by atoms with Gasteiger partial charge >= 0.3 is 0 Å². The zero-order chi connectivity index (χ0) is 43.5. The van der Waals surface area contributed by atoms with Gasteiger partial charge in [-0.1, -0.05) is 187 Å². The summed E-state index contributed by atoms with van der Waals surface area (Å²) in [6.07, 6.45) is 26.8. The van der Waals surface area contributed by atoms with Crippen LogP contribution in [-0.2, 0) is 14.3 Å². The van der Waals surface area contributed by atoms with Crippen molar-refractivity contribution in [1.29, 1.82) is 0 Å². The highest BCUT2D eigenvalue weighted by atomic mass is 16.7. The lowest BCUT2D eigenvalue weighted by Gasteiger charge is -2.40. The minimum Gasteiger partial charge on any atom is -0.394 e. The van der Waals surface area contributed by atoms with Crippen LogP contribution in [0.2, 0.25) is 0 Å². The fraction of sp³-hybridized carbons (Fsp3) is 0.938. The van der Waals surface area contributed by atoms with E-state index in [1.807, 2.05) is 12.2 Å². The van der Waals surface area contributed by atoms with Crippen molar-refractivity contribution in [2.75, 3.05) is 13.2 Å². The second kappa shape index (κ2) is 37.4. The van der Waals surface area contributed by atoms with Gasteiger partial charge in [0.05, 0.1) is 31.5 Å². The van der Waals surface area contributed by atoms with Crippen LogP contribution >= 0.6 is 0 Å². The number of amides is 1. The third-order valence-corrected chi connectivity index (χ3v) is 12.0. The molecule has 1 amide bonds. The molecule has 9 atom stereocenters. The maximum Gasteiger partial charge on any atom is 0.220 e. The average Bonchev–Trinajstić information content (AvgIpc) is 3.22. The molecule has 1 saturated heterocycles. The summed E-state index contributed by atoms with van der Waals surface area (Å²) in [5, 5.41) is 75.6. The molecular weight excluding hydrogens is 751 g/mol. The lowest BCUT2D eigenvalue weighted by molar-refractivity contribution is -0.303. The number of hydrogen-bond acceptors (Lipinski definition) is 10. The predicted octanol–water partition coefficient (Wildman–Crippen LogP) is 8.31. The molecule has 1 aliphatic heterocycles. The number of rotatable bonds is 40. The number of unbranched alkanes of at least 4 members (excludes halogenated alkanes) is 23. The topological polar surface area (TPSA) is 189 Å². The Morgan fingerprint density at radius 2 is 1.14 bits per heavy atom. The summed E-state index contributed by atoms with van der Waals surface area (Å²) in [6, 6.07) is -1.11. The Morgan fingerprint density at radius 1 is 0.644 bits per heavy atom. The molecule has 0 saturated carbocycles. The number of allylic oxidation sites excluding steroid dienone is 1. The van der Waals surface area contributed by atoms with E-state index in [0.29, 0.717) is 6.42 Å². The Bertz CT molecular complexity index is 983. The smallest absolute Gasteiger partial charge is 0.220 e. The first-order chi connectivity index (χ1) is 28.5. The standard InChI is InChI=1S/C48H93NO10/c1-4-5-6-7-8-9-10-11-12-13-14-15-16-17-20-23-26-29-32-39(51)34-35-43(53)49-40(37-58-48-47(57)46(56)45(55)42(36-50)59-48)44(54)41(52)33-30-27-24-21-18-19-22-25-28-31-38(2)3/h27,30,38-42,44-48,50-52,54-57H,4-26,28-29,31-37H2,1-3H3,(H,49,53)/b30-27+/t39?,40?,41?,42-,44?,45-,46-,47-,48-/m1/s1. The molecule has 0 aromatic carbocycles. The van der Waals surface area contributed by atoms with E-state index < -0.39 is 74.2 Å². The summed E-state index contributed by atoms with van der Waals surface area (Å²) in [5.41, 5.74) is 0. The van der Waals surface area contributed by atoms with E-state index in [4.69, 9.17) is 9.47 Å². The molecule has 0 aliphatic carbocycles. The first kappa shape index (κ1) is 55.9. The van der Waals surface area contributed by atoms with E-state index in [-0.39, 0.29) is 19.3 Å². The highest BCUT2D eigenvalue weighted by Gasteiger charge is 2.44. The number of aliphatic hydroxyl groups is 7. The zero-order valence-electron chi connectivity index (χ0n) is 37.9. The van der Waals surface area contributed by atoms with Crippen molar-refractivity contribution in [2.45, 2.75) is 268 Å². The molecule has 0 aromatic rings. The predicted molar refractivity (Wildman–Crippen MR) is 238 cm³/mol. The Kier molecular flexibility index (Phi) is 35.4. The summed E-state index contributed by atoms with van der Waals surface area (Å²) in [5.74, 6) is 0.322. The Balaban J connectivity index is 2.39. The summed E-state index contributed by atoms with van der Waals surface area (Å²) >= 11 is 0. The van der Waals surface area contributed by atoms with Gasteiger partial charge in [0, 0.05) is 6.42 Å². The highest BCUT2D eigenvalue weighted by molar-refractivity contribution is 5.76. The minimum atomic E-state index is -1.65. The average molecular weight is 844 g/mol. The van der Waals surface area contributed by atoms with E-state index in [0.717, 1.165) is 44.4 Å². The van der Waals surface area contributed by atoms with Crippen molar-refractivity contribution in [1.82, 2.24) is 5.32 Å². The third-order valence-electron chi connectivity index (χ3n) is 12.0. The molecule has 11 nitrogen and oxygen atoms in total. The molecule has 0 bridgehead atoms. The molecule has 1 aliphatic rings. The summed E-state index contributed by atoms with van der Waals surface area (Å²) in [4.78, 5) is 13.0. The van der Waals surface area contributed by atoms with Crippen LogP contribution in [0, 0.1) is 5.92 Å². The van der Waals surface area contributed by atoms with Crippen molar-refractivity contribution in [2.24, 2.45) is 5.92 Å². The quantitative estimate of drug-likeness (QED) is 0.0220. The SMILES string of the molecule is CCCCCCCCCCCCCCCCCCCCC(O)CCC(=O)NC(CO[C@@H]1O[C@H](CO)[C@@H](O)[C@@H](O)[C@H]1O)C(O)C(O)C/C=C/CCCCCCCCC(C)C. The van der Waals surface area contributed by atoms with E-state index >= 15 is 0 Å². The van der Waals surface area contributed by atoms with Gasteiger partial charge in [0.2, 0.25) is 5.91 Å². The first-order valence-electron chi connectivity index (χ1n) is 24.4. The van der Waals surface area contributed by atoms with Gasteiger partial charge in [-0.25, -0.2) is 0 Å². The van der Waals surface area contributed by atoms with Crippen LogP contribution in [0.25, 0.3) is 0 Å². The molecular formula is C48H93NO10. The Morgan fingerprint density at radius 3 is 1.64 bits per heavy atom. The van der Waals surface area contributed by atoms with E-state index in [1.54, 1.807) is 0 Å². The molecule has 1 fully saturated rings. The van der Waals surface area contributed by atoms with Gasteiger partial charge < -0.3 is 50.5 Å². The van der Waals surface area contributed by atoms with Crippen molar-refractivity contribution in [3.63, 3.8) is 0 Å². The van der Waals surface area contributed by atoms with Gasteiger partial charge in [-0.15, -0.1) is 0 Å². The van der Waals surface area contributed by atoms with Crippen LogP contribution in [-0.4, -0.2) is 110 Å². The first-order valence-corrected chi connectivity index (χ1v) is 24.4. The van der Waals surface area contributed by atoms with Gasteiger partial charge in [0.25, 0.3) is 0 Å². The van der Waals surface area contributed by atoms with Crippen molar-refractivity contribution in [3.05, 3.63) is 12.2 Å². The Hall–Kier alpha value is -1.15. The van der Waals surface area contributed by atoms with Crippen molar-refractivity contribution < 1.29 is 50.0 Å². The highest BCUT2D eigenvalue weighted by Crippen LogP contribution is 2.23. The van der Waals surface area contributed by atoms with E-state index in [1.165, 1.54) is 128 Å². The van der Waals surface area contributed by atoms with Gasteiger partial charge in [-0.3, -0.25) is 4.79 Å². The normalized spacial score (nSPS) is 21.9. The molecule has 1 heterocycles. The molecule has 0 radical (unpaired) electrons. The van der Waals surface area contributed by atoms with Crippen LogP contribution in [0.3, 0.4) is 0 Å². The van der Waals surface area contributed by atoms with E-state index in [2.05, 4.69) is 26.1 Å². The number of carbonyl (C=O) groups excluding carboxylic acids is 1. The van der Waals surface area contributed by atoms with Crippen LogP contribution in [0.1, 0.15) is 213 Å². The van der Waals surface area contributed by atoms with Crippen LogP contribution < -0.4 is 5.32 Å². The molecule has 0 spiro atoms. The lowest BCUT2D eigenvalue weighted by Crippen LogP contribution is -2.60. The van der Waals surface area contributed by atoms with Gasteiger partial charge in [-0.05, 0) is 38.0 Å². The van der Waals surface area contributed by atoms with Gasteiger partial charge in [0.1, 0.15) is 30.5 Å². The molecule has 350 valence electrons. The maximum absolute atomic E-state index is 13.0. The van der Waals surface area contributed by atoms with Crippen LogP contribution in [0.15, 0.2) is 12.2 Å². The molecule has 1 rings (SSSR count). The molecule has 4 unspecified atom stereocenters. The summed E-state index contributed by atoms with van der Waals surface area (Å²) < 4.78 is 11.1. The number of aliphatic hydroxyl groups excluding tert-OH is 7. The fourth-order valence-electron chi connectivity index (χ4n) is 7.91. The molecule has 0 aromatic heterocycles. The number of nitrogens with one attached hydrogen (secondary N) is 1. The van der Waals surface area contributed by atoms with Gasteiger partial charge in [0.15, 0.2) is 6.29 Å². The van der Waals surface area contributed by atoms with Crippen molar-refractivity contribution >= 4 is 5.91 Å². The Labute approximate surface area is 360 Å². The van der Waals surface area contributed by atoms with Gasteiger partial charge in [-0.2, -0.15) is 0 Å². The molecule has 8 N–H and O–H groups in total. The third kappa shape index (κ3) is 29.0. The monoisotopic (exact) mass is 844 g/mol. The minimum absolute atomic E-state index is 0.0111. The number of hydrogen-bond donors (Lipinski definition) is 8. The maximum atomic E-state index is 13.0. The summed E-state index contributed by atoms with van der Waals surface area (Å²) in [6.45, 7) is 5.76.